The van der Waals surface area contributed by atoms with Gasteiger partial charge in [0.05, 0.1) is 11.3 Å². The maximum atomic E-state index is 9.36. The first-order valence-corrected chi connectivity index (χ1v) is 6.60. The second-order valence-electron chi connectivity index (χ2n) is 4.36. The molecule has 0 amide bonds. The lowest BCUT2D eigenvalue weighted by Gasteiger charge is -2.07. The molecule has 3 heteroatoms. The average molecular weight is 274 g/mol. The molecule has 20 heavy (non-hydrogen) atoms. The van der Waals surface area contributed by atoms with Crippen molar-refractivity contribution >= 4 is 28.5 Å². The molecule has 0 aliphatic carbocycles. The number of benzene rings is 2. The van der Waals surface area contributed by atoms with Gasteiger partial charge in [-0.2, -0.15) is 5.26 Å². The fourth-order valence-electron chi connectivity index (χ4n) is 2.23. The Balaban J connectivity index is 2.22. The second kappa shape index (κ2) is 5.20. The molecule has 0 aromatic heterocycles. The highest BCUT2D eigenvalue weighted by Crippen LogP contribution is 2.30. The van der Waals surface area contributed by atoms with Crippen LogP contribution < -0.4 is 0 Å². The molecule has 1 heterocycles. The zero-order valence-corrected chi connectivity index (χ0v) is 11.4. The predicted molar refractivity (Wildman–Crippen MR) is 84.6 cm³/mol. The molecule has 0 bridgehead atoms. The molecule has 3 rings (SSSR count). The molecule has 94 valence electrons. The summed E-state index contributed by atoms with van der Waals surface area (Å²) in [6.45, 7) is 0. The number of hydrogen-bond acceptors (Lipinski definition) is 2. The zero-order chi connectivity index (χ0) is 13.9. The lowest BCUT2D eigenvalue weighted by Crippen LogP contribution is -2.02. The molecule has 0 atom stereocenters. The van der Waals surface area contributed by atoms with Crippen molar-refractivity contribution in [3.63, 3.8) is 0 Å². The monoisotopic (exact) mass is 274 g/mol. The van der Waals surface area contributed by atoms with E-state index in [1.807, 2.05) is 60.7 Å². The molecule has 0 unspecified atom stereocenters. The summed E-state index contributed by atoms with van der Waals surface area (Å²) >= 11 is 5.23. The van der Waals surface area contributed by atoms with E-state index in [0.717, 1.165) is 22.4 Å². The minimum atomic E-state index is 0.366. The molecule has 1 aliphatic heterocycles. The summed E-state index contributed by atoms with van der Waals surface area (Å²) < 4.78 is 0. The van der Waals surface area contributed by atoms with Crippen LogP contribution in [0, 0.1) is 11.3 Å². The summed E-state index contributed by atoms with van der Waals surface area (Å²) in [6, 6.07) is 21.8. The van der Waals surface area contributed by atoms with Gasteiger partial charge in [0, 0.05) is 11.1 Å². The molecule has 2 nitrogen and oxygen atoms in total. The first-order chi connectivity index (χ1) is 9.81. The highest BCUT2D eigenvalue weighted by Gasteiger charge is 2.25. The maximum Gasteiger partial charge on any atom is 0.145 e. The van der Waals surface area contributed by atoms with Crippen molar-refractivity contribution in [3.05, 3.63) is 77.4 Å². The normalized spacial score (nSPS) is 14.2. The van der Waals surface area contributed by atoms with Gasteiger partial charge in [0.1, 0.15) is 11.1 Å². The maximum absolute atomic E-state index is 9.36. The largest absolute Gasteiger partial charge is 0.235 e. The van der Waals surface area contributed by atoms with Crippen LogP contribution >= 0.6 is 12.2 Å². The average Bonchev–Trinajstić information content (AvgIpc) is 2.85. The smallest absolute Gasteiger partial charge is 0.145 e. The van der Waals surface area contributed by atoms with Gasteiger partial charge in [-0.25, -0.2) is 4.99 Å². The number of rotatable bonds is 2. The highest BCUT2D eigenvalue weighted by molar-refractivity contribution is 7.81. The quantitative estimate of drug-likeness (QED) is 0.781. The Labute approximate surface area is 122 Å². The van der Waals surface area contributed by atoms with Gasteiger partial charge in [0.2, 0.25) is 0 Å². The van der Waals surface area contributed by atoms with Crippen molar-refractivity contribution in [3.8, 4) is 6.07 Å². The van der Waals surface area contributed by atoms with E-state index < -0.39 is 0 Å². The Morgan fingerprint density at radius 2 is 1.40 bits per heavy atom. The number of hydrogen-bond donors (Lipinski definition) is 0. The van der Waals surface area contributed by atoms with Crippen LogP contribution in [0.3, 0.4) is 0 Å². The van der Waals surface area contributed by atoms with Crippen LogP contribution in [0.2, 0.25) is 0 Å². The van der Waals surface area contributed by atoms with Crippen molar-refractivity contribution in [1.82, 2.24) is 0 Å². The summed E-state index contributed by atoms with van der Waals surface area (Å²) in [6.07, 6.45) is 0. The molecule has 0 saturated heterocycles. The number of nitriles is 1. The Morgan fingerprint density at radius 3 is 1.95 bits per heavy atom. The molecular formula is C17H10N2S. The van der Waals surface area contributed by atoms with Gasteiger partial charge < -0.3 is 0 Å². The highest BCUT2D eigenvalue weighted by atomic mass is 32.1. The van der Waals surface area contributed by atoms with E-state index >= 15 is 0 Å². The summed E-state index contributed by atoms with van der Waals surface area (Å²) in [5.41, 5.74) is 4.01. The number of allylic oxidation sites excluding steroid dienone is 1. The molecule has 0 fully saturated rings. The topological polar surface area (TPSA) is 36.1 Å². The van der Waals surface area contributed by atoms with Crippen molar-refractivity contribution < 1.29 is 0 Å². The molecule has 0 N–H and O–H groups in total. The van der Waals surface area contributed by atoms with Gasteiger partial charge in [-0.3, -0.25) is 0 Å². The van der Waals surface area contributed by atoms with Crippen LogP contribution in [0.5, 0.6) is 0 Å². The number of thiocarbonyl (C=S) groups is 1. The Hall–Kier alpha value is -2.57. The summed E-state index contributed by atoms with van der Waals surface area (Å²) in [4.78, 5) is 4.79. The van der Waals surface area contributed by atoms with Gasteiger partial charge >= 0.3 is 0 Å². The third kappa shape index (κ3) is 2.07. The standard InChI is InChI=1S/C17H10N2S/c18-11-14-15(12-7-3-1-4-8-12)16(19-17(14)20)13-9-5-2-6-10-13/h1-10H. The lowest BCUT2D eigenvalue weighted by atomic mass is 9.94. The van der Waals surface area contributed by atoms with Crippen LogP contribution in [-0.2, 0) is 0 Å². The van der Waals surface area contributed by atoms with E-state index in [4.69, 9.17) is 12.2 Å². The van der Waals surface area contributed by atoms with Crippen molar-refractivity contribution in [2.45, 2.75) is 0 Å². The first kappa shape index (κ1) is 12.5. The van der Waals surface area contributed by atoms with E-state index in [-0.39, 0.29) is 0 Å². The minimum absolute atomic E-state index is 0.366. The first-order valence-electron chi connectivity index (χ1n) is 6.20. The summed E-state index contributed by atoms with van der Waals surface area (Å²) in [5, 5.41) is 9.36. The van der Waals surface area contributed by atoms with Crippen LogP contribution in [-0.4, -0.2) is 10.7 Å². The van der Waals surface area contributed by atoms with Gasteiger partial charge in [-0.1, -0.05) is 72.9 Å². The third-order valence-electron chi connectivity index (χ3n) is 3.14. The fourth-order valence-corrected chi connectivity index (χ4v) is 2.47. The molecular weight excluding hydrogens is 264 g/mol. The van der Waals surface area contributed by atoms with Crippen molar-refractivity contribution in [2.75, 3.05) is 0 Å². The number of aliphatic imine (C=N–C) groups is 1. The SMILES string of the molecule is N#CC1=C(c2ccccc2)C(c2ccccc2)=NC1=S. The molecule has 2 aromatic rings. The third-order valence-corrected chi connectivity index (χ3v) is 3.43. The Morgan fingerprint density at radius 1 is 0.850 bits per heavy atom. The van der Waals surface area contributed by atoms with Crippen molar-refractivity contribution in [2.24, 2.45) is 4.99 Å². The fraction of sp³-hybridized carbons (Fsp3) is 0. The predicted octanol–water partition coefficient (Wildman–Crippen LogP) is 3.79. The van der Waals surface area contributed by atoms with E-state index in [9.17, 15) is 5.26 Å². The van der Waals surface area contributed by atoms with Crippen molar-refractivity contribution in [1.29, 1.82) is 5.26 Å². The van der Waals surface area contributed by atoms with Gasteiger partial charge in [0.15, 0.2) is 0 Å². The molecule has 0 spiro atoms. The second-order valence-corrected chi connectivity index (χ2v) is 4.75. The zero-order valence-electron chi connectivity index (χ0n) is 10.6. The van der Waals surface area contributed by atoms with E-state index in [0.29, 0.717) is 10.6 Å². The number of nitrogens with zero attached hydrogens (tertiary/aromatic N) is 2. The van der Waals surface area contributed by atoms with Gasteiger partial charge in [-0.15, -0.1) is 0 Å². The molecule has 2 aromatic carbocycles. The van der Waals surface area contributed by atoms with E-state index in [1.54, 1.807) is 0 Å². The minimum Gasteiger partial charge on any atom is -0.235 e. The van der Waals surface area contributed by atoms with Gasteiger partial charge in [-0.05, 0) is 5.56 Å². The molecule has 1 aliphatic rings. The Bertz CT molecular complexity index is 766. The Kier molecular flexibility index (Phi) is 3.24. The van der Waals surface area contributed by atoms with Crippen LogP contribution in [0.1, 0.15) is 11.1 Å². The van der Waals surface area contributed by atoms with Crippen LogP contribution in [0.25, 0.3) is 5.57 Å². The van der Waals surface area contributed by atoms with Crippen LogP contribution in [0.15, 0.2) is 71.2 Å². The summed E-state index contributed by atoms with van der Waals surface area (Å²) in [7, 11) is 0. The summed E-state index contributed by atoms with van der Waals surface area (Å²) in [5.74, 6) is 0. The van der Waals surface area contributed by atoms with Crippen LogP contribution in [0.4, 0.5) is 0 Å². The lowest BCUT2D eigenvalue weighted by molar-refractivity contribution is 1.51. The molecule has 0 radical (unpaired) electrons. The van der Waals surface area contributed by atoms with Gasteiger partial charge in [0.25, 0.3) is 0 Å². The molecule has 0 saturated carbocycles. The van der Waals surface area contributed by atoms with E-state index in [2.05, 4.69) is 11.1 Å². The van der Waals surface area contributed by atoms with E-state index in [1.165, 1.54) is 0 Å².